The molecule has 0 unspecified atom stereocenters. The second-order valence-electron chi connectivity index (χ2n) is 7.08. The van der Waals surface area contributed by atoms with Gasteiger partial charge >= 0.3 is 6.09 Å². The van der Waals surface area contributed by atoms with Crippen LogP contribution < -0.4 is 4.74 Å². The van der Waals surface area contributed by atoms with Crippen LogP contribution in [0.1, 0.15) is 22.8 Å². The molecular formula is C24H23NO4S. The van der Waals surface area contributed by atoms with Crippen LogP contribution in [-0.2, 0) is 15.3 Å². The predicted octanol–water partition coefficient (Wildman–Crippen LogP) is 5.19. The maximum atomic E-state index is 12.9. The Morgan fingerprint density at radius 1 is 1.10 bits per heavy atom. The van der Waals surface area contributed by atoms with E-state index < -0.39 is 6.09 Å². The highest BCUT2D eigenvalue weighted by Crippen LogP contribution is 2.39. The van der Waals surface area contributed by atoms with Crippen molar-refractivity contribution in [3.05, 3.63) is 77.9 Å². The van der Waals surface area contributed by atoms with Crippen LogP contribution in [0, 0.1) is 0 Å². The first kappa shape index (κ1) is 20.3. The van der Waals surface area contributed by atoms with Gasteiger partial charge in [0.1, 0.15) is 12.4 Å². The maximum absolute atomic E-state index is 12.9. The molecule has 0 N–H and O–H groups in total. The Balaban J connectivity index is 1.59. The molecule has 5 nitrogen and oxygen atoms in total. The monoisotopic (exact) mass is 421 g/mol. The maximum Gasteiger partial charge on any atom is 0.416 e. The first-order valence-electron chi connectivity index (χ1n) is 9.85. The number of thioether (sulfide) groups is 1. The fourth-order valence-electron chi connectivity index (χ4n) is 3.60. The van der Waals surface area contributed by atoms with Crippen molar-refractivity contribution in [2.75, 3.05) is 20.3 Å². The normalized spacial score (nSPS) is 14.6. The van der Waals surface area contributed by atoms with Gasteiger partial charge < -0.3 is 9.47 Å². The molecule has 0 saturated carbocycles. The molecule has 30 heavy (non-hydrogen) atoms. The Morgan fingerprint density at radius 2 is 1.87 bits per heavy atom. The van der Waals surface area contributed by atoms with E-state index in [1.165, 1.54) is 4.90 Å². The van der Waals surface area contributed by atoms with Gasteiger partial charge in [-0.1, -0.05) is 54.6 Å². The molecule has 1 heterocycles. The number of imide groups is 1. The molecule has 1 aliphatic heterocycles. The van der Waals surface area contributed by atoms with Crippen LogP contribution in [0.2, 0.25) is 0 Å². The van der Waals surface area contributed by atoms with Gasteiger partial charge in [-0.05, 0) is 34.0 Å². The van der Waals surface area contributed by atoms with Crippen molar-refractivity contribution in [2.45, 2.75) is 17.4 Å². The van der Waals surface area contributed by atoms with Gasteiger partial charge in [0, 0.05) is 17.4 Å². The van der Waals surface area contributed by atoms with Gasteiger partial charge in [-0.3, -0.25) is 4.79 Å². The zero-order valence-corrected chi connectivity index (χ0v) is 17.6. The third-order valence-corrected chi connectivity index (χ3v) is 6.53. The number of ether oxygens (including phenoxy) is 2. The molecule has 0 aliphatic carbocycles. The SMILES string of the molecule is COc1ccc(CS[C@H](CC(=O)N2CCOC2=O)c2cccc3ccccc23)cc1. The summed E-state index contributed by atoms with van der Waals surface area (Å²) in [5.41, 5.74) is 2.26. The first-order valence-corrected chi connectivity index (χ1v) is 10.9. The highest BCUT2D eigenvalue weighted by molar-refractivity contribution is 7.98. The molecule has 3 aromatic carbocycles. The number of carbonyl (C=O) groups excluding carboxylic acids is 2. The van der Waals surface area contributed by atoms with Gasteiger partial charge in [0.2, 0.25) is 5.91 Å². The molecule has 1 fully saturated rings. The summed E-state index contributed by atoms with van der Waals surface area (Å²) in [6.45, 7) is 0.589. The molecule has 1 atom stereocenters. The number of carbonyl (C=O) groups is 2. The molecular weight excluding hydrogens is 398 g/mol. The van der Waals surface area contributed by atoms with Gasteiger partial charge in [-0.25, -0.2) is 9.69 Å². The lowest BCUT2D eigenvalue weighted by molar-refractivity contribution is -0.127. The minimum absolute atomic E-state index is 0.0842. The Labute approximate surface area is 180 Å². The average Bonchev–Trinajstić information content (AvgIpc) is 3.22. The van der Waals surface area contributed by atoms with Crippen LogP contribution in [0.3, 0.4) is 0 Å². The van der Waals surface area contributed by atoms with Gasteiger partial charge in [-0.15, -0.1) is 11.8 Å². The highest BCUT2D eigenvalue weighted by atomic mass is 32.2. The molecule has 1 aliphatic rings. The summed E-state index contributed by atoms with van der Waals surface area (Å²) >= 11 is 1.70. The number of nitrogens with zero attached hydrogens (tertiary/aromatic N) is 1. The van der Waals surface area contributed by atoms with E-state index in [1.807, 2.05) is 42.5 Å². The molecule has 3 aromatic rings. The molecule has 2 amide bonds. The standard InChI is InChI=1S/C24H23NO4S/c1-28-19-11-9-17(10-12-19)16-30-22(15-23(26)25-13-14-29-24(25)27)21-8-4-6-18-5-2-3-7-20(18)21/h2-12,22H,13-16H2,1H3/t22-/m1/s1. The van der Waals surface area contributed by atoms with Crippen LogP contribution in [0.5, 0.6) is 5.75 Å². The van der Waals surface area contributed by atoms with E-state index in [0.29, 0.717) is 6.54 Å². The number of fused-ring (bicyclic) bond motifs is 1. The number of cyclic esters (lactones) is 1. The lowest BCUT2D eigenvalue weighted by Gasteiger charge is -2.21. The topological polar surface area (TPSA) is 55.8 Å². The zero-order valence-electron chi connectivity index (χ0n) is 16.7. The summed E-state index contributed by atoms with van der Waals surface area (Å²) in [6, 6.07) is 22.3. The van der Waals surface area contributed by atoms with Crippen molar-refractivity contribution < 1.29 is 19.1 Å². The van der Waals surface area contributed by atoms with E-state index >= 15 is 0 Å². The Kier molecular flexibility index (Phi) is 6.23. The summed E-state index contributed by atoms with van der Waals surface area (Å²) in [6.07, 6.45) is -0.305. The third-order valence-electron chi connectivity index (χ3n) is 5.20. The summed E-state index contributed by atoms with van der Waals surface area (Å²) < 4.78 is 10.2. The molecule has 0 spiro atoms. The Morgan fingerprint density at radius 3 is 2.60 bits per heavy atom. The van der Waals surface area contributed by atoms with Crippen molar-refractivity contribution in [1.82, 2.24) is 4.90 Å². The quantitative estimate of drug-likeness (QED) is 0.525. The second kappa shape index (κ2) is 9.22. The molecule has 154 valence electrons. The van der Waals surface area contributed by atoms with E-state index in [0.717, 1.165) is 33.4 Å². The number of rotatable bonds is 7. The lowest BCUT2D eigenvalue weighted by Crippen LogP contribution is -2.32. The van der Waals surface area contributed by atoms with Crippen LogP contribution in [0.15, 0.2) is 66.7 Å². The summed E-state index contributed by atoms with van der Waals surface area (Å²) in [5.74, 6) is 1.37. The van der Waals surface area contributed by atoms with Crippen molar-refractivity contribution in [1.29, 1.82) is 0 Å². The van der Waals surface area contributed by atoms with Gasteiger partial charge in [-0.2, -0.15) is 0 Å². The summed E-state index contributed by atoms with van der Waals surface area (Å²) in [7, 11) is 1.65. The number of benzene rings is 3. The summed E-state index contributed by atoms with van der Waals surface area (Å²) in [5, 5.41) is 2.18. The third kappa shape index (κ3) is 4.44. The van der Waals surface area contributed by atoms with Crippen molar-refractivity contribution in [3.63, 3.8) is 0 Å². The van der Waals surface area contributed by atoms with E-state index in [1.54, 1.807) is 18.9 Å². The van der Waals surface area contributed by atoms with Gasteiger partial charge in [0.25, 0.3) is 0 Å². The minimum atomic E-state index is -0.545. The average molecular weight is 422 g/mol. The van der Waals surface area contributed by atoms with E-state index in [4.69, 9.17) is 9.47 Å². The Bertz CT molecular complexity index is 1050. The Hall–Kier alpha value is -2.99. The van der Waals surface area contributed by atoms with Gasteiger partial charge in [0.05, 0.1) is 13.7 Å². The molecule has 0 aromatic heterocycles. The molecule has 6 heteroatoms. The zero-order chi connectivity index (χ0) is 20.9. The first-order chi connectivity index (χ1) is 14.7. The lowest BCUT2D eigenvalue weighted by atomic mass is 10.00. The van der Waals surface area contributed by atoms with Crippen LogP contribution >= 0.6 is 11.8 Å². The van der Waals surface area contributed by atoms with Crippen LogP contribution in [-0.4, -0.2) is 37.2 Å². The van der Waals surface area contributed by atoms with E-state index in [9.17, 15) is 9.59 Å². The van der Waals surface area contributed by atoms with Crippen LogP contribution in [0.25, 0.3) is 10.8 Å². The fourth-order valence-corrected chi connectivity index (χ4v) is 4.83. The largest absolute Gasteiger partial charge is 0.497 e. The summed E-state index contributed by atoms with van der Waals surface area (Å²) in [4.78, 5) is 25.9. The molecule has 0 bridgehead atoms. The highest BCUT2D eigenvalue weighted by Gasteiger charge is 2.30. The number of methoxy groups -OCH3 is 1. The van der Waals surface area contributed by atoms with E-state index in [2.05, 4.69) is 24.3 Å². The van der Waals surface area contributed by atoms with Crippen LogP contribution in [0.4, 0.5) is 4.79 Å². The van der Waals surface area contributed by atoms with Gasteiger partial charge in [0.15, 0.2) is 0 Å². The van der Waals surface area contributed by atoms with E-state index in [-0.39, 0.29) is 24.2 Å². The smallest absolute Gasteiger partial charge is 0.416 e. The van der Waals surface area contributed by atoms with Crippen molar-refractivity contribution in [3.8, 4) is 5.75 Å². The van der Waals surface area contributed by atoms with Crippen molar-refractivity contribution >= 4 is 34.5 Å². The number of hydrogen-bond donors (Lipinski definition) is 0. The number of amides is 2. The molecule has 1 saturated heterocycles. The second-order valence-corrected chi connectivity index (χ2v) is 8.27. The predicted molar refractivity (Wildman–Crippen MR) is 119 cm³/mol. The van der Waals surface area contributed by atoms with Crippen molar-refractivity contribution in [2.24, 2.45) is 0 Å². The molecule has 0 radical (unpaired) electrons. The fraction of sp³-hybridized carbons (Fsp3) is 0.250. The molecule has 4 rings (SSSR count). The number of hydrogen-bond acceptors (Lipinski definition) is 5. The minimum Gasteiger partial charge on any atom is -0.497 e.